The summed E-state index contributed by atoms with van der Waals surface area (Å²) in [4.78, 5) is 0. The van der Waals surface area contributed by atoms with Gasteiger partial charge in [-0.05, 0) is 19.1 Å². The predicted molar refractivity (Wildman–Crippen MR) is 58.2 cm³/mol. The Bertz CT molecular complexity index is 412. The summed E-state index contributed by atoms with van der Waals surface area (Å²) in [6.07, 6.45) is 0. The van der Waals surface area contributed by atoms with Gasteiger partial charge in [0.15, 0.2) is 0 Å². The van der Waals surface area contributed by atoms with E-state index < -0.39 is 0 Å². The molecule has 1 aromatic heterocycles. The number of para-hydroxylation sites is 1. The van der Waals surface area contributed by atoms with Gasteiger partial charge in [0.25, 0.3) is 0 Å². The maximum absolute atomic E-state index is 5.28. The van der Waals surface area contributed by atoms with E-state index in [2.05, 4.69) is 20.8 Å². The van der Waals surface area contributed by atoms with Crippen molar-refractivity contribution in [3.63, 3.8) is 0 Å². The highest BCUT2D eigenvalue weighted by Crippen LogP contribution is 2.16. The van der Waals surface area contributed by atoms with Gasteiger partial charge in [0, 0.05) is 12.2 Å². The number of aromatic nitrogens is 2. The SMILES string of the molecule is CCNc1nnc(Nc2ccccc2)o1. The molecule has 2 rings (SSSR count). The molecule has 0 aliphatic heterocycles. The molecule has 1 aromatic carbocycles. The molecular formula is C10H12N4O. The fourth-order valence-corrected chi connectivity index (χ4v) is 1.14. The molecule has 0 atom stereocenters. The summed E-state index contributed by atoms with van der Waals surface area (Å²) in [5, 5.41) is 13.6. The van der Waals surface area contributed by atoms with Crippen LogP contribution in [0.3, 0.4) is 0 Å². The third kappa shape index (κ3) is 2.46. The lowest BCUT2D eigenvalue weighted by Gasteiger charge is -1.98. The second kappa shape index (κ2) is 4.45. The second-order valence-corrected chi connectivity index (χ2v) is 2.93. The molecule has 0 amide bonds. The third-order valence-electron chi connectivity index (χ3n) is 1.78. The molecular weight excluding hydrogens is 192 g/mol. The molecule has 0 bridgehead atoms. The van der Waals surface area contributed by atoms with Gasteiger partial charge in [-0.15, -0.1) is 0 Å². The van der Waals surface area contributed by atoms with Gasteiger partial charge in [0.2, 0.25) is 0 Å². The summed E-state index contributed by atoms with van der Waals surface area (Å²) >= 11 is 0. The molecule has 2 N–H and O–H groups in total. The van der Waals surface area contributed by atoms with Crippen molar-refractivity contribution in [3.05, 3.63) is 30.3 Å². The maximum atomic E-state index is 5.28. The van der Waals surface area contributed by atoms with Crippen molar-refractivity contribution in [2.24, 2.45) is 0 Å². The Morgan fingerprint density at radius 1 is 1.13 bits per heavy atom. The minimum Gasteiger partial charge on any atom is -0.389 e. The molecule has 0 radical (unpaired) electrons. The van der Waals surface area contributed by atoms with Gasteiger partial charge >= 0.3 is 12.0 Å². The van der Waals surface area contributed by atoms with Crippen LogP contribution >= 0.6 is 0 Å². The van der Waals surface area contributed by atoms with E-state index in [1.807, 2.05) is 37.3 Å². The van der Waals surface area contributed by atoms with E-state index in [1.54, 1.807) is 0 Å². The van der Waals surface area contributed by atoms with Crippen molar-refractivity contribution >= 4 is 17.7 Å². The van der Waals surface area contributed by atoms with Gasteiger partial charge in [0.05, 0.1) is 0 Å². The quantitative estimate of drug-likeness (QED) is 0.799. The summed E-state index contributed by atoms with van der Waals surface area (Å²) in [6, 6.07) is 10.5. The van der Waals surface area contributed by atoms with Crippen LogP contribution in [0, 0.1) is 0 Å². The summed E-state index contributed by atoms with van der Waals surface area (Å²) in [5.41, 5.74) is 0.921. The van der Waals surface area contributed by atoms with E-state index in [9.17, 15) is 0 Å². The summed E-state index contributed by atoms with van der Waals surface area (Å²) in [6.45, 7) is 2.72. The topological polar surface area (TPSA) is 63.0 Å². The van der Waals surface area contributed by atoms with E-state index in [-0.39, 0.29) is 0 Å². The van der Waals surface area contributed by atoms with Gasteiger partial charge in [0.1, 0.15) is 0 Å². The fourth-order valence-electron chi connectivity index (χ4n) is 1.14. The molecule has 5 nitrogen and oxygen atoms in total. The standard InChI is InChI=1S/C10H12N4O/c1-2-11-9-13-14-10(15-9)12-8-6-4-3-5-7-8/h3-7H,2H2,1H3,(H,11,13)(H,12,14). The predicted octanol–water partition coefficient (Wildman–Crippen LogP) is 2.25. The van der Waals surface area contributed by atoms with Crippen LogP contribution in [0.15, 0.2) is 34.7 Å². The molecule has 1 heterocycles. The lowest BCUT2D eigenvalue weighted by atomic mass is 10.3. The average molecular weight is 204 g/mol. The zero-order chi connectivity index (χ0) is 10.5. The molecule has 15 heavy (non-hydrogen) atoms. The van der Waals surface area contributed by atoms with Crippen molar-refractivity contribution in [3.8, 4) is 0 Å². The lowest BCUT2D eigenvalue weighted by Crippen LogP contribution is -1.95. The number of rotatable bonds is 4. The second-order valence-electron chi connectivity index (χ2n) is 2.93. The molecule has 0 saturated heterocycles. The van der Waals surface area contributed by atoms with Crippen LogP contribution in [0.5, 0.6) is 0 Å². The Balaban J connectivity index is 2.05. The molecule has 2 aromatic rings. The number of anilines is 3. The number of benzene rings is 1. The fraction of sp³-hybridized carbons (Fsp3) is 0.200. The zero-order valence-electron chi connectivity index (χ0n) is 8.40. The van der Waals surface area contributed by atoms with Gasteiger partial charge in [-0.2, -0.15) is 0 Å². The highest BCUT2D eigenvalue weighted by atomic mass is 16.4. The van der Waals surface area contributed by atoms with Crippen LogP contribution in [0.4, 0.5) is 17.7 Å². The molecule has 0 unspecified atom stereocenters. The first-order chi connectivity index (χ1) is 7.38. The maximum Gasteiger partial charge on any atom is 0.321 e. The van der Waals surface area contributed by atoms with Crippen molar-refractivity contribution in [1.82, 2.24) is 10.2 Å². The van der Waals surface area contributed by atoms with Crippen LogP contribution in [0.1, 0.15) is 6.92 Å². The normalized spacial score (nSPS) is 9.93. The number of nitrogens with zero attached hydrogens (tertiary/aromatic N) is 2. The molecule has 0 fully saturated rings. The van der Waals surface area contributed by atoms with Crippen LogP contribution < -0.4 is 10.6 Å². The molecule has 0 aliphatic rings. The molecule has 0 aliphatic carbocycles. The molecule has 0 spiro atoms. The molecule has 5 heteroatoms. The Morgan fingerprint density at radius 3 is 2.60 bits per heavy atom. The van der Waals surface area contributed by atoms with E-state index >= 15 is 0 Å². The third-order valence-corrected chi connectivity index (χ3v) is 1.78. The van der Waals surface area contributed by atoms with Crippen LogP contribution in [0.2, 0.25) is 0 Å². The number of nitrogens with one attached hydrogen (secondary N) is 2. The Hall–Kier alpha value is -2.04. The van der Waals surface area contributed by atoms with E-state index in [0.717, 1.165) is 12.2 Å². The first kappa shape index (κ1) is 9.51. The van der Waals surface area contributed by atoms with Crippen molar-refractivity contribution < 1.29 is 4.42 Å². The first-order valence-electron chi connectivity index (χ1n) is 4.78. The van der Waals surface area contributed by atoms with Gasteiger partial charge in [-0.3, -0.25) is 0 Å². The highest BCUT2D eigenvalue weighted by molar-refractivity contribution is 5.51. The minimum atomic E-state index is 0.386. The Kier molecular flexibility index (Phi) is 2.82. The van der Waals surface area contributed by atoms with E-state index in [4.69, 9.17) is 4.42 Å². The summed E-state index contributed by atoms with van der Waals surface area (Å²) in [7, 11) is 0. The van der Waals surface area contributed by atoms with Crippen molar-refractivity contribution in [2.75, 3.05) is 17.2 Å². The lowest BCUT2D eigenvalue weighted by molar-refractivity contribution is 0.585. The monoisotopic (exact) mass is 204 g/mol. The Morgan fingerprint density at radius 2 is 1.87 bits per heavy atom. The van der Waals surface area contributed by atoms with Crippen LogP contribution in [-0.4, -0.2) is 16.7 Å². The average Bonchev–Trinajstić information content (AvgIpc) is 2.68. The number of hydrogen-bond acceptors (Lipinski definition) is 5. The summed E-state index contributed by atoms with van der Waals surface area (Å²) < 4.78 is 5.28. The smallest absolute Gasteiger partial charge is 0.321 e. The van der Waals surface area contributed by atoms with E-state index in [1.165, 1.54) is 0 Å². The first-order valence-corrected chi connectivity index (χ1v) is 4.78. The summed E-state index contributed by atoms with van der Waals surface area (Å²) in [5.74, 6) is 0. The zero-order valence-corrected chi connectivity index (χ0v) is 8.40. The van der Waals surface area contributed by atoms with Gasteiger partial charge in [-0.1, -0.05) is 28.4 Å². The number of hydrogen-bond donors (Lipinski definition) is 2. The Labute approximate surface area is 87.5 Å². The van der Waals surface area contributed by atoms with Crippen LogP contribution in [0.25, 0.3) is 0 Å². The molecule has 78 valence electrons. The highest BCUT2D eigenvalue weighted by Gasteiger charge is 2.03. The van der Waals surface area contributed by atoms with Gasteiger partial charge in [-0.25, -0.2) is 0 Å². The van der Waals surface area contributed by atoms with Crippen LogP contribution in [-0.2, 0) is 0 Å². The largest absolute Gasteiger partial charge is 0.389 e. The van der Waals surface area contributed by atoms with Crippen molar-refractivity contribution in [2.45, 2.75) is 6.92 Å². The van der Waals surface area contributed by atoms with Gasteiger partial charge < -0.3 is 15.1 Å². The van der Waals surface area contributed by atoms with Crippen molar-refractivity contribution in [1.29, 1.82) is 0 Å². The minimum absolute atomic E-state index is 0.386. The van der Waals surface area contributed by atoms with E-state index in [0.29, 0.717) is 12.0 Å². The molecule has 0 saturated carbocycles.